The number of amides is 3. The van der Waals surface area contributed by atoms with Crippen molar-refractivity contribution in [3.8, 4) is 0 Å². The molecule has 0 spiro atoms. The quantitative estimate of drug-likeness (QED) is 0.218. The van der Waals surface area contributed by atoms with E-state index in [4.69, 9.17) is 10.8 Å². The van der Waals surface area contributed by atoms with Crippen molar-refractivity contribution < 1.29 is 39.3 Å². The summed E-state index contributed by atoms with van der Waals surface area (Å²) in [6.07, 6.45) is -1.24. The van der Waals surface area contributed by atoms with Crippen LogP contribution in [0.2, 0.25) is 0 Å². The van der Waals surface area contributed by atoms with Crippen molar-refractivity contribution in [3.63, 3.8) is 0 Å². The number of benzene rings is 1. The van der Waals surface area contributed by atoms with Gasteiger partial charge in [-0.2, -0.15) is 0 Å². The molecule has 186 valence electrons. The number of rotatable bonds is 11. The van der Waals surface area contributed by atoms with Crippen molar-refractivity contribution in [2.75, 3.05) is 6.54 Å². The van der Waals surface area contributed by atoms with E-state index < -0.39 is 66.4 Å². The Morgan fingerprint density at radius 2 is 1.76 bits per heavy atom. The molecule has 0 aromatic heterocycles. The molecule has 1 aromatic carbocycles. The number of aliphatic carboxylic acids is 2. The highest BCUT2D eigenvalue weighted by Crippen LogP contribution is 2.19. The van der Waals surface area contributed by atoms with E-state index in [1.54, 1.807) is 30.3 Å². The molecule has 1 heterocycles. The SMILES string of the molecule is CC(O)C(NC(=O)C1CCCN1C(=O)C(N)CC(=O)O)C(=O)NC(Cc1ccccc1)C(=O)O. The molecular weight excluding hydrogens is 448 g/mol. The fourth-order valence-electron chi connectivity index (χ4n) is 3.76. The van der Waals surface area contributed by atoms with Crippen LogP contribution < -0.4 is 16.4 Å². The smallest absolute Gasteiger partial charge is 0.326 e. The van der Waals surface area contributed by atoms with Crippen molar-refractivity contribution in [2.24, 2.45) is 5.73 Å². The lowest BCUT2D eigenvalue weighted by Gasteiger charge is -2.29. The Balaban J connectivity index is 2.08. The van der Waals surface area contributed by atoms with Gasteiger partial charge in [0.15, 0.2) is 0 Å². The number of carboxylic acids is 2. The minimum Gasteiger partial charge on any atom is -0.481 e. The van der Waals surface area contributed by atoms with Crippen molar-refractivity contribution in [1.82, 2.24) is 15.5 Å². The van der Waals surface area contributed by atoms with Gasteiger partial charge in [0, 0.05) is 13.0 Å². The van der Waals surface area contributed by atoms with Crippen molar-refractivity contribution in [2.45, 2.75) is 62.9 Å². The number of hydrogen-bond acceptors (Lipinski definition) is 7. The van der Waals surface area contributed by atoms with Gasteiger partial charge in [-0.25, -0.2) is 4.79 Å². The van der Waals surface area contributed by atoms with Crippen LogP contribution in [0.1, 0.15) is 31.7 Å². The van der Waals surface area contributed by atoms with Crippen LogP contribution in [0.25, 0.3) is 0 Å². The molecule has 1 aliphatic rings. The van der Waals surface area contributed by atoms with E-state index >= 15 is 0 Å². The van der Waals surface area contributed by atoms with Crippen LogP contribution in [-0.4, -0.2) is 86.7 Å². The maximum atomic E-state index is 12.9. The highest BCUT2D eigenvalue weighted by molar-refractivity contribution is 5.95. The van der Waals surface area contributed by atoms with Crippen molar-refractivity contribution >= 4 is 29.7 Å². The number of carboxylic acid groups (broad SMARTS) is 2. The van der Waals surface area contributed by atoms with Crippen LogP contribution in [-0.2, 0) is 30.4 Å². The fourth-order valence-corrected chi connectivity index (χ4v) is 3.76. The van der Waals surface area contributed by atoms with E-state index in [-0.39, 0.29) is 19.4 Å². The predicted octanol–water partition coefficient (Wildman–Crippen LogP) is -1.54. The van der Waals surface area contributed by atoms with Gasteiger partial charge in [-0.3, -0.25) is 19.2 Å². The Hall–Kier alpha value is -3.51. The summed E-state index contributed by atoms with van der Waals surface area (Å²) in [5, 5.41) is 33.2. The molecule has 3 amide bonds. The Labute approximate surface area is 196 Å². The molecule has 7 N–H and O–H groups in total. The number of carbonyl (C=O) groups excluding carboxylic acids is 3. The van der Waals surface area contributed by atoms with Gasteiger partial charge < -0.3 is 36.6 Å². The molecule has 0 bridgehead atoms. The van der Waals surface area contributed by atoms with Crippen LogP contribution in [0.15, 0.2) is 30.3 Å². The second-order valence-corrected chi connectivity index (χ2v) is 8.21. The lowest BCUT2D eigenvalue weighted by atomic mass is 10.0. The van der Waals surface area contributed by atoms with Crippen LogP contribution in [0.4, 0.5) is 0 Å². The largest absolute Gasteiger partial charge is 0.481 e. The van der Waals surface area contributed by atoms with Gasteiger partial charge in [-0.15, -0.1) is 0 Å². The molecule has 12 nitrogen and oxygen atoms in total. The van der Waals surface area contributed by atoms with Gasteiger partial charge in [0.1, 0.15) is 18.1 Å². The molecule has 0 radical (unpaired) electrons. The molecule has 0 saturated carbocycles. The Bertz CT molecular complexity index is 907. The number of nitrogens with two attached hydrogens (primary N) is 1. The summed E-state index contributed by atoms with van der Waals surface area (Å²) in [7, 11) is 0. The molecule has 1 aliphatic heterocycles. The third-order valence-corrected chi connectivity index (χ3v) is 5.51. The standard InChI is InChI=1S/C22H30N4O8/c1-12(27)18(20(31)24-15(22(33)34)10-13-6-3-2-4-7-13)25-19(30)16-8-5-9-26(16)21(32)14(23)11-17(28)29/h2-4,6-7,12,14-16,18,27H,5,8-11,23H2,1H3,(H,24,31)(H,25,30)(H,28,29)(H,33,34). The number of nitrogens with one attached hydrogen (secondary N) is 2. The molecule has 5 unspecified atom stereocenters. The number of nitrogens with zero attached hydrogens (tertiary/aromatic N) is 1. The first-order valence-corrected chi connectivity index (χ1v) is 10.8. The van der Waals surface area contributed by atoms with Gasteiger partial charge in [-0.1, -0.05) is 30.3 Å². The van der Waals surface area contributed by atoms with Gasteiger partial charge in [-0.05, 0) is 25.3 Å². The molecule has 1 fully saturated rings. The summed E-state index contributed by atoms with van der Waals surface area (Å²) in [6.45, 7) is 1.45. The highest BCUT2D eigenvalue weighted by atomic mass is 16.4. The zero-order valence-electron chi connectivity index (χ0n) is 18.7. The van der Waals surface area contributed by atoms with E-state index in [0.717, 1.165) is 4.90 Å². The maximum Gasteiger partial charge on any atom is 0.326 e. The van der Waals surface area contributed by atoms with Crippen LogP contribution in [0.3, 0.4) is 0 Å². The van der Waals surface area contributed by atoms with Crippen molar-refractivity contribution in [3.05, 3.63) is 35.9 Å². The summed E-state index contributed by atoms with van der Waals surface area (Å²) in [6, 6.07) is 3.53. The monoisotopic (exact) mass is 478 g/mol. The minimum absolute atomic E-state index is 0.00520. The van der Waals surface area contributed by atoms with E-state index in [9.17, 15) is 34.2 Å². The third kappa shape index (κ3) is 7.25. The van der Waals surface area contributed by atoms with E-state index in [1.807, 2.05) is 0 Å². The van der Waals surface area contributed by atoms with E-state index in [0.29, 0.717) is 12.0 Å². The van der Waals surface area contributed by atoms with Crippen LogP contribution >= 0.6 is 0 Å². The van der Waals surface area contributed by atoms with Crippen LogP contribution in [0, 0.1) is 0 Å². The minimum atomic E-state index is -1.48. The topological polar surface area (TPSA) is 199 Å². The average molecular weight is 479 g/mol. The zero-order valence-corrected chi connectivity index (χ0v) is 18.7. The number of likely N-dealkylation sites (tertiary alicyclic amines) is 1. The maximum absolute atomic E-state index is 12.9. The second-order valence-electron chi connectivity index (χ2n) is 8.21. The number of carbonyl (C=O) groups is 5. The Morgan fingerprint density at radius 3 is 2.32 bits per heavy atom. The third-order valence-electron chi connectivity index (χ3n) is 5.51. The molecule has 1 aromatic rings. The zero-order chi connectivity index (χ0) is 25.4. The number of aliphatic hydroxyl groups is 1. The average Bonchev–Trinajstić information content (AvgIpc) is 3.26. The molecular formula is C22H30N4O8. The molecule has 34 heavy (non-hydrogen) atoms. The normalized spacial score (nSPS) is 18.9. The summed E-state index contributed by atoms with van der Waals surface area (Å²) < 4.78 is 0. The number of hydrogen-bond donors (Lipinski definition) is 6. The molecule has 5 atom stereocenters. The highest BCUT2D eigenvalue weighted by Gasteiger charge is 2.39. The fraction of sp³-hybridized carbons (Fsp3) is 0.500. The molecule has 12 heteroatoms. The molecule has 2 rings (SSSR count). The van der Waals surface area contributed by atoms with Crippen molar-refractivity contribution in [1.29, 1.82) is 0 Å². The molecule has 1 saturated heterocycles. The Morgan fingerprint density at radius 1 is 1.12 bits per heavy atom. The van der Waals surface area contributed by atoms with E-state index in [2.05, 4.69) is 10.6 Å². The van der Waals surface area contributed by atoms with Gasteiger partial charge in [0.2, 0.25) is 17.7 Å². The molecule has 0 aliphatic carbocycles. The summed E-state index contributed by atoms with van der Waals surface area (Å²) in [5.41, 5.74) is 6.31. The van der Waals surface area contributed by atoms with Gasteiger partial charge in [0.05, 0.1) is 18.6 Å². The first-order chi connectivity index (χ1) is 16.0. The lowest BCUT2D eigenvalue weighted by molar-refractivity contribution is -0.145. The second kappa shape index (κ2) is 12.1. The summed E-state index contributed by atoms with van der Waals surface area (Å²) >= 11 is 0. The Kier molecular flexibility index (Phi) is 9.51. The predicted molar refractivity (Wildman–Crippen MR) is 118 cm³/mol. The van der Waals surface area contributed by atoms with E-state index in [1.165, 1.54) is 6.92 Å². The van der Waals surface area contributed by atoms with Crippen LogP contribution in [0.5, 0.6) is 0 Å². The number of aliphatic hydroxyl groups excluding tert-OH is 1. The first kappa shape index (κ1) is 26.7. The first-order valence-electron chi connectivity index (χ1n) is 10.8. The lowest BCUT2D eigenvalue weighted by Crippen LogP contribution is -2.59. The summed E-state index contributed by atoms with van der Waals surface area (Å²) in [4.78, 5) is 61.8. The van der Waals surface area contributed by atoms with Gasteiger partial charge >= 0.3 is 11.9 Å². The summed E-state index contributed by atoms with van der Waals surface area (Å²) in [5.74, 6) is -4.87. The van der Waals surface area contributed by atoms with Gasteiger partial charge in [0.25, 0.3) is 0 Å².